The van der Waals surface area contributed by atoms with E-state index in [4.69, 9.17) is 0 Å². The van der Waals surface area contributed by atoms with Crippen LogP contribution < -0.4 is 5.32 Å². The van der Waals surface area contributed by atoms with E-state index < -0.39 is 18.1 Å². The summed E-state index contributed by atoms with van der Waals surface area (Å²) in [7, 11) is 3.08. The average Bonchev–Trinajstić information content (AvgIpc) is 2.59. The highest BCUT2D eigenvalue weighted by molar-refractivity contribution is 8.76. The summed E-state index contributed by atoms with van der Waals surface area (Å²) in [4.78, 5) is 22.9. The van der Waals surface area contributed by atoms with E-state index in [0.717, 1.165) is 4.90 Å². The third kappa shape index (κ3) is 2.93. The number of alkyl carbamates (subject to hydrolysis) is 1. The molecular weight excluding hydrogens is 246 g/mol. The predicted molar refractivity (Wildman–Crippen MR) is 63.2 cm³/mol. The van der Waals surface area contributed by atoms with Crippen molar-refractivity contribution < 1.29 is 14.3 Å². The number of hydrogen-bond donors (Lipinski definition) is 1. The second-order valence-corrected chi connectivity index (χ2v) is 5.50. The summed E-state index contributed by atoms with van der Waals surface area (Å²) in [6.07, 6.45) is -0.652. The number of hydrogen-bond acceptors (Lipinski definition) is 5. The number of carbonyl (C=O) groups excluding carboxylic acids is 2. The molecule has 1 N–H and O–H groups in total. The highest BCUT2D eigenvalue weighted by Crippen LogP contribution is 2.31. The zero-order chi connectivity index (χ0) is 11.4. The van der Waals surface area contributed by atoms with Crippen molar-refractivity contribution in [1.82, 2.24) is 5.32 Å². The lowest BCUT2D eigenvalue weighted by Gasteiger charge is -2.04. The third-order valence-electron chi connectivity index (χ3n) is 1.90. The summed E-state index contributed by atoms with van der Waals surface area (Å²) in [5, 5.41) is 2.45. The Morgan fingerprint density at radius 3 is 2.62 bits per heavy atom. The quantitative estimate of drug-likeness (QED) is 0.507. The molecule has 0 saturated carbocycles. The first-order chi connectivity index (χ1) is 7.75. The summed E-state index contributed by atoms with van der Waals surface area (Å²) >= 11 is 0. The molecule has 1 atom stereocenters. The molecule has 0 aliphatic carbocycles. The van der Waals surface area contributed by atoms with Crippen molar-refractivity contribution in [1.29, 1.82) is 0 Å². The highest BCUT2D eigenvalue weighted by Gasteiger charge is 2.32. The van der Waals surface area contributed by atoms with Gasteiger partial charge < -0.3 is 10.1 Å². The zero-order valence-electron chi connectivity index (χ0n) is 8.21. The van der Waals surface area contributed by atoms with E-state index in [1.165, 1.54) is 10.8 Å². The van der Waals surface area contributed by atoms with Gasteiger partial charge in [0, 0.05) is 10.6 Å². The van der Waals surface area contributed by atoms with Crippen molar-refractivity contribution in [2.75, 3.05) is 5.75 Å². The van der Waals surface area contributed by atoms with Gasteiger partial charge in [-0.1, -0.05) is 39.8 Å². The monoisotopic (exact) mass is 255 g/mol. The number of benzene rings is 1. The summed E-state index contributed by atoms with van der Waals surface area (Å²) in [5.41, 5.74) is 0. The SMILES string of the molecule is O=C1NC(CSSc2ccccc2)C(=O)O1. The molecule has 16 heavy (non-hydrogen) atoms. The van der Waals surface area contributed by atoms with Gasteiger partial charge in [0.2, 0.25) is 0 Å². The number of ether oxygens (including phenoxy) is 1. The predicted octanol–water partition coefficient (Wildman–Crippen LogP) is 2.06. The van der Waals surface area contributed by atoms with Crippen molar-refractivity contribution in [3.05, 3.63) is 30.3 Å². The van der Waals surface area contributed by atoms with Crippen LogP contribution in [0.1, 0.15) is 0 Å². The van der Waals surface area contributed by atoms with Crippen LogP contribution in [-0.4, -0.2) is 23.9 Å². The molecule has 1 saturated heterocycles. The second-order valence-electron chi connectivity index (χ2n) is 3.09. The molecule has 1 aromatic carbocycles. The Bertz CT molecular complexity index is 396. The van der Waals surface area contributed by atoms with Crippen LogP contribution in [0.2, 0.25) is 0 Å². The van der Waals surface area contributed by atoms with Gasteiger partial charge in [0.1, 0.15) is 6.04 Å². The van der Waals surface area contributed by atoms with E-state index in [1.807, 2.05) is 30.3 Å². The highest BCUT2D eigenvalue weighted by atomic mass is 33.1. The number of cyclic esters (lactones) is 2. The molecule has 1 amide bonds. The fourth-order valence-electron chi connectivity index (χ4n) is 1.15. The van der Waals surface area contributed by atoms with E-state index in [9.17, 15) is 9.59 Å². The molecule has 4 nitrogen and oxygen atoms in total. The molecule has 0 radical (unpaired) electrons. The van der Waals surface area contributed by atoms with Crippen molar-refractivity contribution in [2.45, 2.75) is 10.9 Å². The number of nitrogens with one attached hydrogen (secondary N) is 1. The second kappa shape index (κ2) is 5.27. The fraction of sp³-hybridized carbons (Fsp3) is 0.200. The summed E-state index contributed by atoms with van der Waals surface area (Å²) in [6, 6.07) is 9.31. The molecule has 1 aliphatic rings. The Morgan fingerprint density at radius 2 is 2.00 bits per heavy atom. The van der Waals surface area contributed by atoms with E-state index in [2.05, 4.69) is 10.1 Å². The molecule has 0 bridgehead atoms. The minimum Gasteiger partial charge on any atom is -0.375 e. The van der Waals surface area contributed by atoms with Crippen LogP contribution in [0.3, 0.4) is 0 Å². The smallest absolute Gasteiger partial charge is 0.375 e. The van der Waals surface area contributed by atoms with E-state index in [-0.39, 0.29) is 0 Å². The van der Waals surface area contributed by atoms with E-state index in [1.54, 1.807) is 10.8 Å². The normalized spacial score (nSPS) is 19.4. The number of amides is 1. The first kappa shape index (κ1) is 11.3. The topological polar surface area (TPSA) is 55.4 Å². The molecule has 0 spiro atoms. The van der Waals surface area contributed by atoms with Gasteiger partial charge in [-0.3, -0.25) is 0 Å². The largest absolute Gasteiger partial charge is 0.415 e. The first-order valence-electron chi connectivity index (χ1n) is 4.62. The molecule has 6 heteroatoms. The maximum absolute atomic E-state index is 11.1. The van der Waals surface area contributed by atoms with Crippen LogP contribution in [0, 0.1) is 0 Å². The van der Waals surface area contributed by atoms with Crippen LogP contribution in [0.25, 0.3) is 0 Å². The van der Waals surface area contributed by atoms with Gasteiger partial charge in [0.25, 0.3) is 0 Å². The Balaban J connectivity index is 1.76. The lowest BCUT2D eigenvalue weighted by atomic mass is 10.4. The van der Waals surface area contributed by atoms with E-state index >= 15 is 0 Å². The molecule has 1 heterocycles. The Labute approximate surface area is 101 Å². The van der Waals surface area contributed by atoms with Gasteiger partial charge in [0.05, 0.1) is 0 Å². The molecule has 1 aromatic rings. The minimum absolute atomic E-state index is 0.494. The first-order valence-corrected chi connectivity index (χ1v) is 6.94. The number of carbonyl (C=O) groups is 2. The maximum Gasteiger partial charge on any atom is 0.415 e. The van der Waals surface area contributed by atoms with Gasteiger partial charge >= 0.3 is 12.1 Å². The van der Waals surface area contributed by atoms with Crippen molar-refractivity contribution in [3.8, 4) is 0 Å². The molecular formula is C10H9NO3S2. The standard InChI is InChI=1S/C10H9NO3S2/c12-9-8(11-10(13)14-9)6-15-16-7-4-2-1-3-5-7/h1-5,8H,6H2,(H,11,13). The van der Waals surface area contributed by atoms with Crippen LogP contribution in [-0.2, 0) is 9.53 Å². The number of esters is 1. The van der Waals surface area contributed by atoms with Crippen LogP contribution in [0.4, 0.5) is 4.79 Å². The molecule has 0 aromatic heterocycles. The van der Waals surface area contributed by atoms with E-state index in [0.29, 0.717) is 5.75 Å². The summed E-state index contributed by atoms with van der Waals surface area (Å²) in [5.74, 6) is 0.00981. The summed E-state index contributed by atoms with van der Waals surface area (Å²) < 4.78 is 4.37. The van der Waals surface area contributed by atoms with Crippen molar-refractivity contribution in [2.24, 2.45) is 0 Å². The Kier molecular flexibility index (Phi) is 3.74. The van der Waals surface area contributed by atoms with Crippen LogP contribution >= 0.6 is 21.6 Å². The van der Waals surface area contributed by atoms with Crippen molar-refractivity contribution in [3.63, 3.8) is 0 Å². The molecule has 2 rings (SSSR count). The Morgan fingerprint density at radius 1 is 1.25 bits per heavy atom. The van der Waals surface area contributed by atoms with Crippen LogP contribution in [0.5, 0.6) is 0 Å². The van der Waals surface area contributed by atoms with Gasteiger partial charge in [-0.2, -0.15) is 0 Å². The average molecular weight is 255 g/mol. The molecule has 1 fully saturated rings. The van der Waals surface area contributed by atoms with Gasteiger partial charge in [-0.15, -0.1) is 0 Å². The van der Waals surface area contributed by atoms with Gasteiger partial charge in [-0.25, -0.2) is 9.59 Å². The van der Waals surface area contributed by atoms with Gasteiger partial charge in [-0.05, 0) is 12.1 Å². The molecule has 84 valence electrons. The van der Waals surface area contributed by atoms with Gasteiger partial charge in [0.15, 0.2) is 0 Å². The third-order valence-corrected chi connectivity index (χ3v) is 4.29. The lowest BCUT2D eigenvalue weighted by molar-refractivity contribution is -0.134. The number of rotatable bonds is 4. The minimum atomic E-state index is -0.652. The fourth-order valence-corrected chi connectivity index (χ4v) is 3.33. The lowest BCUT2D eigenvalue weighted by Crippen LogP contribution is -2.30. The molecule has 1 aliphatic heterocycles. The summed E-state index contributed by atoms with van der Waals surface area (Å²) in [6.45, 7) is 0. The Hall–Kier alpha value is -1.14. The van der Waals surface area contributed by atoms with Crippen LogP contribution in [0.15, 0.2) is 35.2 Å². The maximum atomic E-state index is 11.1. The zero-order valence-corrected chi connectivity index (χ0v) is 9.85. The van der Waals surface area contributed by atoms with Crippen molar-refractivity contribution >= 4 is 33.7 Å². The molecule has 1 unspecified atom stereocenters.